The van der Waals surface area contributed by atoms with Crippen molar-refractivity contribution < 1.29 is 13.3 Å². The first kappa shape index (κ1) is 15.4. The number of sulfonamides is 1. The van der Waals surface area contributed by atoms with Gasteiger partial charge in [0.2, 0.25) is 0 Å². The maximum atomic E-state index is 12.3. The summed E-state index contributed by atoms with van der Waals surface area (Å²) in [5, 5.41) is 11.5. The molecule has 1 aromatic heterocycles. The molecule has 0 radical (unpaired) electrons. The predicted molar refractivity (Wildman–Crippen MR) is 88.3 cm³/mol. The molecule has 0 bridgehead atoms. The number of fused-ring (bicyclic) bond motifs is 1. The number of nitro benzene ring substituents is 1. The lowest BCUT2D eigenvalue weighted by molar-refractivity contribution is -0.384. The molecule has 0 saturated heterocycles. The van der Waals surface area contributed by atoms with E-state index in [4.69, 9.17) is 0 Å². The van der Waals surface area contributed by atoms with Crippen molar-refractivity contribution in [3.8, 4) is 0 Å². The Morgan fingerprint density at radius 3 is 2.52 bits per heavy atom. The molecular weight excluding hydrogens is 338 g/mol. The average molecular weight is 349 g/mol. The van der Waals surface area contributed by atoms with Gasteiger partial charge in [0.25, 0.3) is 15.7 Å². The molecule has 23 heavy (non-hydrogen) atoms. The minimum Gasteiger partial charge on any atom is -0.280 e. The van der Waals surface area contributed by atoms with Gasteiger partial charge < -0.3 is 0 Å². The van der Waals surface area contributed by atoms with E-state index in [1.807, 2.05) is 6.92 Å². The predicted octanol–water partition coefficient (Wildman–Crippen LogP) is 3.31. The molecule has 0 aliphatic carbocycles. The fourth-order valence-corrected chi connectivity index (χ4v) is 3.98. The van der Waals surface area contributed by atoms with Gasteiger partial charge in [0, 0.05) is 12.1 Å². The molecular formula is C14H11N3O4S2. The van der Waals surface area contributed by atoms with E-state index in [1.165, 1.54) is 23.5 Å². The summed E-state index contributed by atoms with van der Waals surface area (Å²) in [5.74, 6) is 0. The molecule has 7 nitrogen and oxygen atoms in total. The average Bonchev–Trinajstić information content (AvgIpc) is 2.86. The van der Waals surface area contributed by atoms with Crippen molar-refractivity contribution >= 4 is 43.0 Å². The van der Waals surface area contributed by atoms with Gasteiger partial charge in [0.1, 0.15) is 0 Å². The lowest BCUT2D eigenvalue weighted by Gasteiger charge is -2.07. The molecule has 0 aliphatic rings. The molecule has 0 unspecified atom stereocenters. The van der Waals surface area contributed by atoms with Crippen molar-refractivity contribution in [3.05, 3.63) is 57.6 Å². The van der Waals surface area contributed by atoms with Gasteiger partial charge in [-0.15, -0.1) is 11.3 Å². The summed E-state index contributed by atoms with van der Waals surface area (Å²) < 4.78 is 28.0. The van der Waals surface area contributed by atoms with Gasteiger partial charge in [-0.05, 0) is 37.3 Å². The van der Waals surface area contributed by atoms with Crippen LogP contribution in [-0.4, -0.2) is 18.3 Å². The molecule has 0 spiro atoms. The number of anilines is 1. The van der Waals surface area contributed by atoms with Crippen LogP contribution in [0.5, 0.6) is 0 Å². The van der Waals surface area contributed by atoms with Gasteiger partial charge in [-0.25, -0.2) is 13.4 Å². The molecule has 1 N–H and O–H groups in total. The summed E-state index contributed by atoms with van der Waals surface area (Å²) >= 11 is 1.47. The van der Waals surface area contributed by atoms with E-state index in [1.54, 1.807) is 18.2 Å². The molecule has 1 heterocycles. The van der Waals surface area contributed by atoms with Crippen LogP contribution in [0.25, 0.3) is 10.2 Å². The Kier molecular flexibility index (Phi) is 3.74. The van der Waals surface area contributed by atoms with E-state index in [9.17, 15) is 18.5 Å². The lowest BCUT2D eigenvalue weighted by Crippen LogP contribution is -2.12. The molecule has 0 aliphatic heterocycles. The summed E-state index contributed by atoms with van der Waals surface area (Å²) in [6.07, 6.45) is 0. The van der Waals surface area contributed by atoms with Crippen LogP contribution >= 0.6 is 11.3 Å². The van der Waals surface area contributed by atoms with Crippen LogP contribution in [-0.2, 0) is 10.0 Å². The van der Waals surface area contributed by atoms with Crippen molar-refractivity contribution in [1.82, 2.24) is 4.98 Å². The van der Waals surface area contributed by atoms with E-state index in [2.05, 4.69) is 9.71 Å². The van der Waals surface area contributed by atoms with Gasteiger partial charge in [0.05, 0.1) is 30.7 Å². The number of rotatable bonds is 4. The molecule has 2 aromatic carbocycles. The SMILES string of the molecule is Cc1nc2ccc(NS(=O)(=O)c3ccc([N+](=O)[O-])cc3)cc2s1. The third kappa shape index (κ3) is 3.15. The fraction of sp³-hybridized carbons (Fsp3) is 0.0714. The van der Waals surface area contributed by atoms with Gasteiger partial charge >= 0.3 is 0 Å². The number of nitro groups is 1. The molecule has 9 heteroatoms. The van der Waals surface area contributed by atoms with Crippen molar-refractivity contribution in [2.75, 3.05) is 4.72 Å². The van der Waals surface area contributed by atoms with Gasteiger partial charge in [0.15, 0.2) is 0 Å². The number of thiazole rings is 1. The zero-order valence-electron chi connectivity index (χ0n) is 11.9. The summed E-state index contributed by atoms with van der Waals surface area (Å²) in [6, 6.07) is 9.81. The number of benzene rings is 2. The number of hydrogen-bond acceptors (Lipinski definition) is 6. The first-order valence-electron chi connectivity index (χ1n) is 6.50. The number of non-ortho nitro benzene ring substituents is 1. The molecule has 0 atom stereocenters. The van der Waals surface area contributed by atoms with Crippen molar-refractivity contribution in [1.29, 1.82) is 0 Å². The highest BCUT2D eigenvalue weighted by molar-refractivity contribution is 7.92. The topological polar surface area (TPSA) is 102 Å². The van der Waals surface area contributed by atoms with Gasteiger partial charge in [-0.2, -0.15) is 0 Å². The highest BCUT2D eigenvalue weighted by Gasteiger charge is 2.16. The zero-order chi connectivity index (χ0) is 16.6. The Hall–Kier alpha value is -2.52. The molecule has 0 fully saturated rings. The number of nitrogens with zero attached hydrogens (tertiary/aromatic N) is 2. The van der Waals surface area contributed by atoms with E-state index in [0.29, 0.717) is 5.69 Å². The molecule has 3 aromatic rings. The summed E-state index contributed by atoms with van der Waals surface area (Å²) in [6.45, 7) is 1.88. The Morgan fingerprint density at radius 1 is 1.17 bits per heavy atom. The molecule has 0 amide bonds. The third-order valence-electron chi connectivity index (χ3n) is 3.11. The monoisotopic (exact) mass is 349 g/mol. The number of nitrogens with one attached hydrogen (secondary N) is 1. The molecule has 3 rings (SSSR count). The first-order chi connectivity index (χ1) is 10.8. The Bertz CT molecular complexity index is 995. The Morgan fingerprint density at radius 2 is 1.87 bits per heavy atom. The van der Waals surface area contributed by atoms with Crippen molar-refractivity contribution in [2.45, 2.75) is 11.8 Å². The normalized spacial score (nSPS) is 11.5. The van der Waals surface area contributed by atoms with E-state index < -0.39 is 14.9 Å². The minimum absolute atomic E-state index is 0.0383. The first-order valence-corrected chi connectivity index (χ1v) is 8.79. The van der Waals surface area contributed by atoms with Crippen molar-refractivity contribution in [2.24, 2.45) is 0 Å². The quantitative estimate of drug-likeness (QED) is 0.575. The van der Waals surface area contributed by atoms with Crippen LogP contribution in [0.15, 0.2) is 47.4 Å². The standard InChI is InChI=1S/C14H11N3O4S2/c1-9-15-13-7-2-10(8-14(13)22-9)16-23(20,21)12-5-3-11(4-6-12)17(18)19/h2-8,16H,1H3. The van der Waals surface area contributed by atoms with Crippen LogP contribution < -0.4 is 4.72 Å². The van der Waals surface area contributed by atoms with E-state index in [-0.39, 0.29) is 10.6 Å². The second-order valence-electron chi connectivity index (χ2n) is 4.77. The maximum absolute atomic E-state index is 12.3. The van der Waals surface area contributed by atoms with E-state index in [0.717, 1.165) is 27.4 Å². The molecule has 0 saturated carbocycles. The Labute approximate surface area is 135 Å². The van der Waals surface area contributed by atoms with Crippen LogP contribution in [0.2, 0.25) is 0 Å². The van der Waals surface area contributed by atoms with Crippen molar-refractivity contribution in [3.63, 3.8) is 0 Å². The number of hydrogen-bond donors (Lipinski definition) is 1. The summed E-state index contributed by atoms with van der Waals surface area (Å²) in [4.78, 5) is 14.3. The van der Waals surface area contributed by atoms with Crippen LogP contribution in [0.1, 0.15) is 5.01 Å². The summed E-state index contributed by atoms with van der Waals surface area (Å²) in [7, 11) is -3.81. The smallest absolute Gasteiger partial charge is 0.269 e. The Balaban J connectivity index is 1.90. The second-order valence-corrected chi connectivity index (χ2v) is 7.69. The zero-order valence-corrected chi connectivity index (χ0v) is 13.5. The highest BCUT2D eigenvalue weighted by Crippen LogP contribution is 2.26. The highest BCUT2D eigenvalue weighted by atomic mass is 32.2. The maximum Gasteiger partial charge on any atom is 0.269 e. The fourth-order valence-electron chi connectivity index (χ4n) is 2.06. The second kappa shape index (κ2) is 5.60. The van der Waals surface area contributed by atoms with Gasteiger partial charge in [-0.3, -0.25) is 14.8 Å². The molecule has 118 valence electrons. The van der Waals surface area contributed by atoms with Crippen LogP contribution in [0.3, 0.4) is 0 Å². The largest absolute Gasteiger partial charge is 0.280 e. The lowest BCUT2D eigenvalue weighted by atomic mass is 10.3. The number of aryl methyl sites for hydroxylation is 1. The minimum atomic E-state index is -3.81. The van der Waals surface area contributed by atoms with Crippen LogP contribution in [0, 0.1) is 17.0 Å². The van der Waals surface area contributed by atoms with E-state index >= 15 is 0 Å². The summed E-state index contributed by atoms with van der Waals surface area (Å²) in [5.41, 5.74) is 1.07. The van der Waals surface area contributed by atoms with Crippen LogP contribution in [0.4, 0.5) is 11.4 Å². The third-order valence-corrected chi connectivity index (χ3v) is 5.44. The number of aromatic nitrogens is 1. The van der Waals surface area contributed by atoms with Gasteiger partial charge in [-0.1, -0.05) is 0 Å².